The van der Waals surface area contributed by atoms with Crippen LogP contribution in [0.1, 0.15) is 46.1 Å². The molecular weight excluding hydrogens is 407 g/mol. The van der Waals surface area contributed by atoms with E-state index in [0.717, 1.165) is 0 Å². The Balaban J connectivity index is 2.09. The Morgan fingerprint density at radius 1 is 1.40 bits per heavy atom. The Morgan fingerprint density at radius 3 is 2.73 bits per heavy atom. The molecule has 0 saturated heterocycles. The summed E-state index contributed by atoms with van der Waals surface area (Å²) in [5, 5.41) is 0.435. The molecular formula is C21H31FN4O3S. The lowest BCUT2D eigenvalue weighted by Gasteiger charge is -2.45. The molecule has 30 heavy (non-hydrogen) atoms. The zero-order valence-electron chi connectivity index (χ0n) is 18.2. The van der Waals surface area contributed by atoms with Gasteiger partial charge in [-0.25, -0.2) is 14.2 Å². The summed E-state index contributed by atoms with van der Waals surface area (Å²) in [7, 11) is 1.60. The molecule has 3 atom stereocenters. The maximum absolute atomic E-state index is 15.0. The highest BCUT2D eigenvalue weighted by atomic mass is 32.2. The normalized spacial score (nSPS) is 28.6. The third kappa shape index (κ3) is 4.15. The van der Waals surface area contributed by atoms with Crippen LogP contribution < -0.4 is 11.5 Å². The predicted molar refractivity (Wildman–Crippen MR) is 118 cm³/mol. The molecule has 1 saturated carbocycles. The summed E-state index contributed by atoms with van der Waals surface area (Å²) in [6.07, 6.45) is 0.246. The molecule has 9 heteroatoms. The molecule has 1 amide bonds. The molecule has 1 fully saturated rings. The number of hydrogen-bond donors (Lipinski definition) is 2. The molecule has 1 heterocycles. The maximum Gasteiger partial charge on any atom is 0.416 e. The van der Waals surface area contributed by atoms with Crippen molar-refractivity contribution in [3.8, 4) is 0 Å². The SMILES string of the molecule is CCO[C@H]1C[C@@]2(N)CSC(N(C)C(=O)OC(C)(C)C)=N[C@@]2(c2cc(N)ccc2F)C1. The molecule has 0 aromatic heterocycles. The highest BCUT2D eigenvalue weighted by Crippen LogP contribution is 2.54. The number of nitrogen functional groups attached to an aromatic ring is 1. The quantitative estimate of drug-likeness (QED) is 0.701. The van der Waals surface area contributed by atoms with Crippen LogP contribution in [0.4, 0.5) is 14.9 Å². The van der Waals surface area contributed by atoms with Gasteiger partial charge in [-0.2, -0.15) is 0 Å². The van der Waals surface area contributed by atoms with Gasteiger partial charge in [0.15, 0.2) is 5.17 Å². The van der Waals surface area contributed by atoms with E-state index in [1.54, 1.807) is 33.9 Å². The fraction of sp³-hybridized carbons (Fsp3) is 0.619. The molecule has 166 valence electrons. The standard InChI is InChI=1S/C21H31FN4O3S/c1-6-28-14-10-20(24)12-30-17(26(5)18(27)29-19(2,3)4)25-21(20,11-14)15-9-13(23)7-8-16(15)22/h7-9,14H,6,10-12,23-24H2,1-5H3/t14-,20+,21+/m0/s1. The molecule has 1 aliphatic heterocycles. The van der Waals surface area contributed by atoms with E-state index in [2.05, 4.69) is 0 Å². The van der Waals surface area contributed by atoms with Gasteiger partial charge in [0.25, 0.3) is 0 Å². The fourth-order valence-corrected chi connectivity index (χ4v) is 5.37. The number of anilines is 1. The van der Waals surface area contributed by atoms with E-state index in [-0.39, 0.29) is 6.10 Å². The first kappa shape index (κ1) is 22.8. The van der Waals surface area contributed by atoms with Gasteiger partial charge in [-0.3, -0.25) is 4.90 Å². The van der Waals surface area contributed by atoms with Crippen LogP contribution in [-0.2, 0) is 15.0 Å². The molecule has 1 aliphatic carbocycles. The average Bonchev–Trinajstić information content (AvgIpc) is 2.93. The highest BCUT2D eigenvalue weighted by molar-refractivity contribution is 8.13. The van der Waals surface area contributed by atoms with Crippen LogP contribution >= 0.6 is 11.8 Å². The topological polar surface area (TPSA) is 103 Å². The van der Waals surface area contributed by atoms with Gasteiger partial charge in [0.2, 0.25) is 0 Å². The molecule has 4 N–H and O–H groups in total. The number of hydrogen-bond acceptors (Lipinski definition) is 7. The number of carbonyl (C=O) groups is 1. The summed E-state index contributed by atoms with van der Waals surface area (Å²) in [6, 6.07) is 4.44. The Kier molecular flexibility index (Phi) is 6.10. The summed E-state index contributed by atoms with van der Waals surface area (Å²) in [5.41, 5.74) is 11.0. The third-order valence-electron chi connectivity index (χ3n) is 5.48. The zero-order chi connectivity index (χ0) is 22.3. The summed E-state index contributed by atoms with van der Waals surface area (Å²) >= 11 is 1.37. The van der Waals surface area contributed by atoms with Gasteiger partial charge < -0.3 is 20.9 Å². The molecule has 1 aromatic rings. The number of halogens is 1. The largest absolute Gasteiger partial charge is 0.443 e. The molecule has 3 rings (SSSR count). The monoisotopic (exact) mass is 438 g/mol. The van der Waals surface area contributed by atoms with Gasteiger partial charge in [-0.1, -0.05) is 11.8 Å². The van der Waals surface area contributed by atoms with Gasteiger partial charge in [-0.05, 0) is 52.3 Å². The summed E-state index contributed by atoms with van der Waals surface area (Å²) in [6.45, 7) is 7.84. The van der Waals surface area contributed by atoms with Crippen LogP contribution in [0.15, 0.2) is 23.2 Å². The van der Waals surface area contributed by atoms with Crippen LogP contribution in [0, 0.1) is 5.82 Å². The van der Waals surface area contributed by atoms with Crippen molar-refractivity contribution in [3.63, 3.8) is 0 Å². The van der Waals surface area contributed by atoms with Crippen LogP contribution in [0.5, 0.6) is 0 Å². The molecule has 0 spiro atoms. The second-order valence-electron chi connectivity index (χ2n) is 8.96. The number of aliphatic imine (C=N–C) groups is 1. The lowest BCUT2D eigenvalue weighted by Crippen LogP contribution is -2.59. The second-order valence-corrected chi connectivity index (χ2v) is 9.91. The second kappa shape index (κ2) is 8.01. The first-order chi connectivity index (χ1) is 13.9. The van der Waals surface area contributed by atoms with Crippen molar-refractivity contribution < 1.29 is 18.7 Å². The number of amides is 1. The number of thioether (sulfide) groups is 1. The van der Waals surface area contributed by atoms with Gasteiger partial charge >= 0.3 is 6.09 Å². The van der Waals surface area contributed by atoms with E-state index in [0.29, 0.717) is 41.6 Å². The smallest absolute Gasteiger partial charge is 0.416 e. The minimum atomic E-state index is -1.09. The number of rotatable bonds is 3. The Morgan fingerprint density at radius 2 is 2.10 bits per heavy atom. The number of nitrogens with two attached hydrogens (primary N) is 2. The van der Waals surface area contributed by atoms with Gasteiger partial charge in [-0.15, -0.1) is 0 Å². The van der Waals surface area contributed by atoms with E-state index < -0.39 is 28.6 Å². The van der Waals surface area contributed by atoms with Crippen molar-refractivity contribution in [3.05, 3.63) is 29.6 Å². The number of nitrogens with zero attached hydrogens (tertiary/aromatic N) is 2. The van der Waals surface area contributed by atoms with Crippen LogP contribution in [-0.4, -0.2) is 52.8 Å². The van der Waals surface area contributed by atoms with Crippen LogP contribution in [0.3, 0.4) is 0 Å². The third-order valence-corrected chi connectivity index (χ3v) is 6.76. The predicted octanol–water partition coefficient (Wildman–Crippen LogP) is 3.47. The van der Waals surface area contributed by atoms with Crippen LogP contribution in [0.2, 0.25) is 0 Å². The average molecular weight is 439 g/mol. The Bertz CT molecular complexity index is 859. The molecule has 1 aromatic carbocycles. The van der Waals surface area contributed by atoms with Crippen molar-refractivity contribution in [2.75, 3.05) is 25.1 Å². The number of amidine groups is 1. The fourth-order valence-electron chi connectivity index (χ4n) is 4.14. The highest BCUT2D eigenvalue weighted by Gasteiger charge is 2.61. The van der Waals surface area contributed by atoms with Gasteiger partial charge in [0.1, 0.15) is 17.0 Å². The summed E-state index contributed by atoms with van der Waals surface area (Å²) in [5.74, 6) is 0.0302. The van der Waals surface area contributed by atoms with Crippen molar-refractivity contribution in [2.24, 2.45) is 10.7 Å². The van der Waals surface area contributed by atoms with E-state index in [1.807, 2.05) is 6.92 Å². The molecule has 2 aliphatic rings. The number of fused-ring (bicyclic) bond motifs is 1. The van der Waals surface area contributed by atoms with Gasteiger partial charge in [0, 0.05) is 37.1 Å². The first-order valence-corrected chi connectivity index (χ1v) is 11.0. The zero-order valence-corrected chi connectivity index (χ0v) is 19.0. The van der Waals surface area contributed by atoms with E-state index in [4.69, 9.17) is 25.9 Å². The number of benzene rings is 1. The molecule has 0 radical (unpaired) electrons. The number of ether oxygens (including phenoxy) is 2. The Labute approximate surface area is 181 Å². The number of carbonyl (C=O) groups excluding carboxylic acids is 1. The minimum absolute atomic E-state index is 0.170. The minimum Gasteiger partial charge on any atom is -0.443 e. The molecule has 7 nitrogen and oxygen atoms in total. The summed E-state index contributed by atoms with van der Waals surface area (Å²) < 4.78 is 26.4. The summed E-state index contributed by atoms with van der Waals surface area (Å²) in [4.78, 5) is 18.9. The lowest BCUT2D eigenvalue weighted by molar-refractivity contribution is 0.0403. The van der Waals surface area contributed by atoms with E-state index in [1.165, 1.54) is 28.8 Å². The van der Waals surface area contributed by atoms with E-state index in [9.17, 15) is 4.79 Å². The molecule has 0 unspecified atom stereocenters. The Hall–Kier alpha value is -1.84. The van der Waals surface area contributed by atoms with E-state index >= 15 is 4.39 Å². The van der Waals surface area contributed by atoms with Crippen molar-refractivity contribution in [1.82, 2.24) is 4.90 Å². The van der Waals surface area contributed by atoms with Crippen molar-refractivity contribution in [1.29, 1.82) is 0 Å². The first-order valence-electron chi connectivity index (χ1n) is 10.1. The molecule has 0 bridgehead atoms. The van der Waals surface area contributed by atoms with Gasteiger partial charge in [0.05, 0.1) is 11.6 Å². The maximum atomic E-state index is 15.0. The lowest BCUT2D eigenvalue weighted by atomic mass is 9.76. The van der Waals surface area contributed by atoms with Crippen molar-refractivity contribution in [2.45, 2.75) is 63.3 Å². The van der Waals surface area contributed by atoms with Crippen LogP contribution in [0.25, 0.3) is 0 Å². The van der Waals surface area contributed by atoms with Crippen molar-refractivity contribution >= 4 is 28.7 Å².